The van der Waals surface area contributed by atoms with Crippen LogP contribution in [0.2, 0.25) is 0 Å². The molecule has 158 valence electrons. The Labute approximate surface area is 165 Å². The minimum Gasteiger partial charge on any atom is -0.381 e. The van der Waals surface area contributed by atoms with E-state index in [-0.39, 0.29) is 11.6 Å². The number of ether oxygens (including phenoxy) is 2. The van der Waals surface area contributed by atoms with Gasteiger partial charge in [0.2, 0.25) is 0 Å². The van der Waals surface area contributed by atoms with Crippen LogP contribution in [0, 0.1) is 5.92 Å². The summed E-state index contributed by atoms with van der Waals surface area (Å²) >= 11 is 0. The first-order valence-electron chi connectivity index (χ1n) is 10.6. The molecule has 0 saturated carbocycles. The molecule has 0 spiro atoms. The monoisotopic (exact) mass is 383 g/mol. The number of hydrogen-bond acceptors (Lipinski definition) is 5. The molecule has 7 heteroatoms. The second-order valence-corrected chi connectivity index (χ2v) is 8.45. The number of guanidine groups is 1. The molecule has 0 aromatic rings. The maximum Gasteiger partial charge on any atom is 0.191 e. The van der Waals surface area contributed by atoms with Gasteiger partial charge in [-0.3, -0.25) is 9.89 Å². The first kappa shape index (κ1) is 22.4. The van der Waals surface area contributed by atoms with E-state index in [1.54, 1.807) is 0 Å². The van der Waals surface area contributed by atoms with Gasteiger partial charge in [0.25, 0.3) is 0 Å². The summed E-state index contributed by atoms with van der Waals surface area (Å²) in [4.78, 5) is 9.73. The molecule has 2 aliphatic rings. The molecule has 0 radical (unpaired) electrons. The SMILES string of the molecule is CCNC(=NCC1(N(C)C)CCOCC1)NCC1CN(CC(C)C)CCO1. The normalized spacial score (nSPS) is 24.4. The van der Waals surface area contributed by atoms with Crippen molar-refractivity contribution in [3.8, 4) is 0 Å². The number of hydrogen-bond donors (Lipinski definition) is 2. The van der Waals surface area contributed by atoms with Crippen molar-refractivity contribution in [1.82, 2.24) is 20.4 Å². The lowest BCUT2D eigenvalue weighted by atomic mass is 9.89. The van der Waals surface area contributed by atoms with E-state index in [1.165, 1.54) is 0 Å². The van der Waals surface area contributed by atoms with Gasteiger partial charge in [-0.05, 0) is 39.8 Å². The second-order valence-electron chi connectivity index (χ2n) is 8.45. The van der Waals surface area contributed by atoms with E-state index >= 15 is 0 Å². The molecule has 1 unspecified atom stereocenters. The van der Waals surface area contributed by atoms with Crippen molar-refractivity contribution in [2.45, 2.75) is 45.3 Å². The van der Waals surface area contributed by atoms with Gasteiger partial charge in [0.05, 0.1) is 19.3 Å². The zero-order valence-electron chi connectivity index (χ0n) is 18.1. The van der Waals surface area contributed by atoms with E-state index in [0.717, 1.165) is 77.9 Å². The zero-order valence-corrected chi connectivity index (χ0v) is 18.1. The van der Waals surface area contributed by atoms with Crippen LogP contribution in [0.15, 0.2) is 4.99 Å². The topological polar surface area (TPSA) is 61.4 Å². The number of morpholine rings is 1. The summed E-state index contributed by atoms with van der Waals surface area (Å²) < 4.78 is 11.5. The van der Waals surface area contributed by atoms with Crippen molar-refractivity contribution in [1.29, 1.82) is 0 Å². The highest BCUT2D eigenvalue weighted by Crippen LogP contribution is 2.26. The average Bonchev–Trinajstić information content (AvgIpc) is 2.64. The zero-order chi connectivity index (χ0) is 19.7. The molecule has 2 aliphatic heterocycles. The Morgan fingerprint density at radius 2 is 1.96 bits per heavy atom. The number of aliphatic imine (C=N–C) groups is 1. The van der Waals surface area contributed by atoms with E-state index in [4.69, 9.17) is 14.5 Å². The molecule has 0 aromatic heterocycles. The fourth-order valence-electron chi connectivity index (χ4n) is 3.86. The molecule has 1 atom stereocenters. The van der Waals surface area contributed by atoms with Gasteiger partial charge in [-0.1, -0.05) is 13.8 Å². The third kappa shape index (κ3) is 7.22. The molecule has 2 heterocycles. The molecule has 27 heavy (non-hydrogen) atoms. The first-order valence-corrected chi connectivity index (χ1v) is 10.6. The van der Waals surface area contributed by atoms with E-state index in [2.05, 4.69) is 55.3 Å². The third-order valence-electron chi connectivity index (χ3n) is 5.59. The molecular formula is C20H41N5O2. The summed E-state index contributed by atoms with van der Waals surface area (Å²) in [5.74, 6) is 1.58. The number of rotatable bonds is 8. The van der Waals surface area contributed by atoms with Crippen molar-refractivity contribution in [3.63, 3.8) is 0 Å². The molecule has 0 aliphatic carbocycles. The van der Waals surface area contributed by atoms with Crippen LogP contribution in [0.3, 0.4) is 0 Å². The van der Waals surface area contributed by atoms with Crippen LogP contribution < -0.4 is 10.6 Å². The molecule has 2 N–H and O–H groups in total. The Morgan fingerprint density at radius 3 is 2.59 bits per heavy atom. The van der Waals surface area contributed by atoms with Gasteiger partial charge in [-0.2, -0.15) is 0 Å². The highest BCUT2D eigenvalue weighted by atomic mass is 16.5. The summed E-state index contributed by atoms with van der Waals surface area (Å²) in [6.07, 6.45) is 2.27. The van der Waals surface area contributed by atoms with Crippen LogP contribution in [0.1, 0.15) is 33.6 Å². The standard InChI is InChI=1S/C20H41N5O2/c1-6-21-19(23-16-20(24(4)5)7-10-26-11-8-20)22-13-18-15-25(9-12-27-18)14-17(2)3/h17-18H,6-16H2,1-5H3,(H2,21,22,23). The van der Waals surface area contributed by atoms with Gasteiger partial charge >= 0.3 is 0 Å². The van der Waals surface area contributed by atoms with Crippen molar-refractivity contribution < 1.29 is 9.47 Å². The van der Waals surface area contributed by atoms with E-state index in [9.17, 15) is 0 Å². The van der Waals surface area contributed by atoms with E-state index < -0.39 is 0 Å². The maximum atomic E-state index is 5.96. The van der Waals surface area contributed by atoms with Gasteiger partial charge < -0.3 is 25.0 Å². The summed E-state index contributed by atoms with van der Waals surface area (Å²) in [6.45, 7) is 14.7. The van der Waals surface area contributed by atoms with E-state index in [0.29, 0.717) is 5.92 Å². The lowest BCUT2D eigenvalue weighted by molar-refractivity contribution is -0.0284. The molecular weight excluding hydrogens is 342 g/mol. The number of nitrogens with zero attached hydrogens (tertiary/aromatic N) is 3. The number of likely N-dealkylation sites (N-methyl/N-ethyl adjacent to an activating group) is 1. The largest absolute Gasteiger partial charge is 0.381 e. The number of nitrogens with one attached hydrogen (secondary N) is 2. The summed E-state index contributed by atoms with van der Waals surface area (Å²) in [7, 11) is 4.31. The summed E-state index contributed by atoms with van der Waals surface area (Å²) in [6, 6.07) is 0. The third-order valence-corrected chi connectivity index (χ3v) is 5.59. The van der Waals surface area contributed by atoms with Gasteiger partial charge in [-0.15, -0.1) is 0 Å². The second kappa shape index (κ2) is 11.2. The van der Waals surface area contributed by atoms with Gasteiger partial charge in [0, 0.05) is 51.5 Å². The summed E-state index contributed by atoms with van der Waals surface area (Å²) in [5.41, 5.74) is 0.0933. The average molecular weight is 384 g/mol. The smallest absolute Gasteiger partial charge is 0.191 e. The Kier molecular flexibility index (Phi) is 9.29. The molecule has 2 rings (SSSR count). The van der Waals surface area contributed by atoms with Crippen LogP contribution in [0.25, 0.3) is 0 Å². The molecule has 0 aromatic carbocycles. The fraction of sp³-hybridized carbons (Fsp3) is 0.950. The van der Waals surface area contributed by atoms with Crippen LogP contribution >= 0.6 is 0 Å². The van der Waals surface area contributed by atoms with Gasteiger partial charge in [0.1, 0.15) is 0 Å². The quantitative estimate of drug-likeness (QED) is 0.482. The Morgan fingerprint density at radius 1 is 1.22 bits per heavy atom. The molecule has 7 nitrogen and oxygen atoms in total. The molecule has 2 fully saturated rings. The predicted octanol–water partition coefficient (Wildman–Crippen LogP) is 1.01. The van der Waals surface area contributed by atoms with Gasteiger partial charge in [-0.25, -0.2) is 0 Å². The summed E-state index contributed by atoms with van der Waals surface area (Å²) in [5, 5.41) is 6.88. The highest BCUT2D eigenvalue weighted by molar-refractivity contribution is 5.79. The lowest BCUT2D eigenvalue weighted by Gasteiger charge is -2.41. The van der Waals surface area contributed by atoms with Crippen LogP contribution in [-0.2, 0) is 9.47 Å². The Balaban J connectivity index is 1.89. The van der Waals surface area contributed by atoms with Crippen molar-refractivity contribution >= 4 is 5.96 Å². The van der Waals surface area contributed by atoms with Crippen molar-refractivity contribution in [2.24, 2.45) is 10.9 Å². The first-order chi connectivity index (χ1) is 12.9. The Hall–Kier alpha value is -0.890. The van der Waals surface area contributed by atoms with Crippen molar-refractivity contribution in [2.75, 3.05) is 73.2 Å². The minimum absolute atomic E-state index is 0.0933. The van der Waals surface area contributed by atoms with Crippen LogP contribution in [0.5, 0.6) is 0 Å². The van der Waals surface area contributed by atoms with E-state index in [1.807, 2.05) is 0 Å². The molecule has 2 saturated heterocycles. The molecule has 0 amide bonds. The highest BCUT2D eigenvalue weighted by Gasteiger charge is 2.34. The van der Waals surface area contributed by atoms with Crippen LogP contribution in [0.4, 0.5) is 0 Å². The minimum atomic E-state index is 0.0933. The Bertz CT molecular complexity index is 450. The maximum absolute atomic E-state index is 5.96. The van der Waals surface area contributed by atoms with Gasteiger partial charge in [0.15, 0.2) is 5.96 Å². The predicted molar refractivity (Wildman–Crippen MR) is 111 cm³/mol. The van der Waals surface area contributed by atoms with Crippen LogP contribution in [-0.4, -0.2) is 101 Å². The molecule has 0 bridgehead atoms. The van der Waals surface area contributed by atoms with Crippen molar-refractivity contribution in [3.05, 3.63) is 0 Å². The fourth-order valence-corrected chi connectivity index (χ4v) is 3.86. The lowest BCUT2D eigenvalue weighted by Crippen LogP contribution is -2.52.